The Kier molecular flexibility index (Phi) is 2.70. The van der Waals surface area contributed by atoms with Crippen LogP contribution in [-0.4, -0.2) is 31.0 Å². The Morgan fingerprint density at radius 1 is 1.57 bits per heavy atom. The molecule has 0 fully saturated rings. The van der Waals surface area contributed by atoms with Gasteiger partial charge in [0, 0.05) is 13.5 Å². The lowest BCUT2D eigenvalue weighted by atomic mass is 10.1. The fourth-order valence-corrected chi connectivity index (χ4v) is 1.70. The fourth-order valence-electron chi connectivity index (χ4n) is 1.70. The Balaban J connectivity index is 2.04. The summed E-state index contributed by atoms with van der Waals surface area (Å²) in [6.07, 6.45) is 0.0560. The zero-order chi connectivity index (χ0) is 9.97. The maximum atomic E-state index is 9.67. The van der Waals surface area contributed by atoms with Crippen LogP contribution < -0.4 is 4.74 Å². The molecule has 3 heteroatoms. The van der Waals surface area contributed by atoms with Crippen molar-refractivity contribution >= 4 is 0 Å². The fraction of sp³-hybridized carbons (Fsp3) is 0.455. The molecule has 1 aliphatic rings. The molecule has 14 heavy (non-hydrogen) atoms. The summed E-state index contributed by atoms with van der Waals surface area (Å²) in [6, 6.07) is 7.86. The van der Waals surface area contributed by atoms with E-state index in [1.807, 2.05) is 24.3 Å². The Morgan fingerprint density at radius 3 is 3.07 bits per heavy atom. The van der Waals surface area contributed by atoms with Crippen molar-refractivity contribution in [1.82, 2.24) is 0 Å². The van der Waals surface area contributed by atoms with E-state index in [0.29, 0.717) is 6.61 Å². The SMILES string of the molecule is COCC(O)C1Cc2ccccc2O1. The van der Waals surface area contributed by atoms with Crippen LogP contribution in [0.5, 0.6) is 5.75 Å². The molecule has 2 atom stereocenters. The lowest BCUT2D eigenvalue weighted by Gasteiger charge is -2.16. The van der Waals surface area contributed by atoms with Gasteiger partial charge in [-0.2, -0.15) is 0 Å². The van der Waals surface area contributed by atoms with E-state index in [9.17, 15) is 5.11 Å². The minimum atomic E-state index is -0.549. The molecule has 0 saturated carbocycles. The van der Waals surface area contributed by atoms with Crippen LogP contribution in [0, 0.1) is 0 Å². The van der Waals surface area contributed by atoms with E-state index in [-0.39, 0.29) is 6.10 Å². The molecule has 0 saturated heterocycles. The first-order valence-corrected chi connectivity index (χ1v) is 4.73. The van der Waals surface area contributed by atoms with Crippen molar-refractivity contribution in [3.05, 3.63) is 29.8 Å². The van der Waals surface area contributed by atoms with Gasteiger partial charge in [-0.3, -0.25) is 0 Å². The number of hydrogen-bond donors (Lipinski definition) is 1. The van der Waals surface area contributed by atoms with Crippen molar-refractivity contribution in [3.63, 3.8) is 0 Å². The molecule has 0 radical (unpaired) electrons. The molecule has 1 aliphatic heterocycles. The van der Waals surface area contributed by atoms with Crippen molar-refractivity contribution < 1.29 is 14.6 Å². The number of hydrogen-bond acceptors (Lipinski definition) is 3. The molecule has 1 aromatic rings. The van der Waals surface area contributed by atoms with E-state index >= 15 is 0 Å². The minimum absolute atomic E-state index is 0.160. The van der Waals surface area contributed by atoms with Crippen LogP contribution in [0.25, 0.3) is 0 Å². The first kappa shape index (κ1) is 9.49. The van der Waals surface area contributed by atoms with E-state index in [4.69, 9.17) is 9.47 Å². The monoisotopic (exact) mass is 194 g/mol. The second-order valence-corrected chi connectivity index (χ2v) is 3.49. The van der Waals surface area contributed by atoms with Gasteiger partial charge in [-0.1, -0.05) is 18.2 Å². The maximum Gasteiger partial charge on any atom is 0.131 e. The normalized spacial score (nSPS) is 21.4. The van der Waals surface area contributed by atoms with Gasteiger partial charge in [-0.25, -0.2) is 0 Å². The van der Waals surface area contributed by atoms with Crippen LogP contribution in [0.4, 0.5) is 0 Å². The van der Waals surface area contributed by atoms with Crippen LogP contribution in [0.1, 0.15) is 5.56 Å². The van der Waals surface area contributed by atoms with E-state index in [0.717, 1.165) is 17.7 Å². The highest BCUT2D eigenvalue weighted by Crippen LogP contribution is 2.29. The highest BCUT2D eigenvalue weighted by molar-refractivity contribution is 5.37. The minimum Gasteiger partial charge on any atom is -0.487 e. The molecule has 2 unspecified atom stereocenters. The first-order valence-electron chi connectivity index (χ1n) is 4.73. The number of para-hydroxylation sites is 1. The maximum absolute atomic E-state index is 9.67. The molecular formula is C11H14O3. The van der Waals surface area contributed by atoms with Crippen LogP contribution in [0.15, 0.2) is 24.3 Å². The van der Waals surface area contributed by atoms with Gasteiger partial charge < -0.3 is 14.6 Å². The average Bonchev–Trinajstić information content (AvgIpc) is 2.61. The zero-order valence-electron chi connectivity index (χ0n) is 8.14. The predicted octanol–water partition coefficient (Wildman–Crippen LogP) is 0.997. The number of aliphatic hydroxyl groups excluding tert-OH is 1. The van der Waals surface area contributed by atoms with E-state index in [1.54, 1.807) is 7.11 Å². The summed E-state index contributed by atoms with van der Waals surface area (Å²) >= 11 is 0. The summed E-state index contributed by atoms with van der Waals surface area (Å²) in [7, 11) is 1.57. The van der Waals surface area contributed by atoms with Gasteiger partial charge in [0.1, 0.15) is 18.0 Å². The van der Waals surface area contributed by atoms with Crippen molar-refractivity contribution in [3.8, 4) is 5.75 Å². The Hall–Kier alpha value is -1.06. The molecule has 0 amide bonds. The molecular weight excluding hydrogens is 180 g/mol. The first-order chi connectivity index (χ1) is 6.81. The van der Waals surface area contributed by atoms with Gasteiger partial charge in [-0.05, 0) is 11.6 Å². The molecule has 0 bridgehead atoms. The zero-order valence-corrected chi connectivity index (χ0v) is 8.14. The summed E-state index contributed by atoms with van der Waals surface area (Å²) in [6.45, 7) is 0.318. The quantitative estimate of drug-likeness (QED) is 0.780. The average molecular weight is 194 g/mol. The molecule has 0 aliphatic carbocycles. The van der Waals surface area contributed by atoms with Crippen molar-refractivity contribution in [2.24, 2.45) is 0 Å². The third-order valence-electron chi connectivity index (χ3n) is 2.44. The van der Waals surface area contributed by atoms with E-state index in [2.05, 4.69) is 0 Å². The number of aliphatic hydroxyl groups is 1. The summed E-state index contributed by atoms with van der Waals surface area (Å²) in [5.74, 6) is 0.882. The Morgan fingerprint density at radius 2 is 2.36 bits per heavy atom. The lowest BCUT2D eigenvalue weighted by molar-refractivity contribution is -0.00534. The van der Waals surface area contributed by atoms with Crippen LogP contribution in [0.2, 0.25) is 0 Å². The third-order valence-corrected chi connectivity index (χ3v) is 2.44. The second kappa shape index (κ2) is 3.98. The molecule has 3 nitrogen and oxygen atoms in total. The van der Waals surface area contributed by atoms with Crippen molar-refractivity contribution in [1.29, 1.82) is 0 Å². The largest absolute Gasteiger partial charge is 0.487 e. The van der Waals surface area contributed by atoms with Crippen LogP contribution in [-0.2, 0) is 11.2 Å². The van der Waals surface area contributed by atoms with Gasteiger partial charge in [-0.15, -0.1) is 0 Å². The molecule has 0 aromatic heterocycles. The summed E-state index contributed by atoms with van der Waals surface area (Å²) in [5.41, 5.74) is 1.16. The predicted molar refractivity (Wildman–Crippen MR) is 52.4 cm³/mol. The van der Waals surface area contributed by atoms with Crippen molar-refractivity contribution in [2.45, 2.75) is 18.6 Å². The number of ether oxygens (including phenoxy) is 2. The number of methoxy groups -OCH3 is 1. The molecule has 2 rings (SSSR count). The van der Waals surface area contributed by atoms with Gasteiger partial charge in [0.15, 0.2) is 0 Å². The van der Waals surface area contributed by atoms with Crippen LogP contribution >= 0.6 is 0 Å². The molecule has 1 heterocycles. The molecule has 1 N–H and O–H groups in total. The highest BCUT2D eigenvalue weighted by atomic mass is 16.5. The molecule has 1 aromatic carbocycles. The smallest absolute Gasteiger partial charge is 0.131 e. The van der Waals surface area contributed by atoms with Gasteiger partial charge >= 0.3 is 0 Å². The van der Waals surface area contributed by atoms with E-state index < -0.39 is 6.10 Å². The molecule has 76 valence electrons. The third kappa shape index (κ3) is 1.74. The standard InChI is InChI=1S/C11H14O3/c1-13-7-9(12)11-6-8-4-2-3-5-10(8)14-11/h2-5,9,11-12H,6-7H2,1H3. The topological polar surface area (TPSA) is 38.7 Å². The Bertz CT molecular complexity index is 286. The van der Waals surface area contributed by atoms with Gasteiger partial charge in [0.05, 0.1) is 6.61 Å². The van der Waals surface area contributed by atoms with Crippen LogP contribution in [0.3, 0.4) is 0 Å². The number of rotatable bonds is 3. The Labute approximate surface area is 83.3 Å². The van der Waals surface area contributed by atoms with Crippen molar-refractivity contribution in [2.75, 3.05) is 13.7 Å². The summed E-state index contributed by atoms with van der Waals surface area (Å²) in [5, 5.41) is 9.67. The highest BCUT2D eigenvalue weighted by Gasteiger charge is 2.28. The molecule has 0 spiro atoms. The van der Waals surface area contributed by atoms with Gasteiger partial charge in [0.2, 0.25) is 0 Å². The second-order valence-electron chi connectivity index (χ2n) is 3.49. The number of benzene rings is 1. The lowest BCUT2D eigenvalue weighted by Crippen LogP contribution is -2.33. The van der Waals surface area contributed by atoms with Gasteiger partial charge in [0.25, 0.3) is 0 Å². The van der Waals surface area contributed by atoms with E-state index in [1.165, 1.54) is 0 Å². The number of fused-ring (bicyclic) bond motifs is 1. The summed E-state index contributed by atoms with van der Waals surface area (Å²) in [4.78, 5) is 0. The summed E-state index contributed by atoms with van der Waals surface area (Å²) < 4.78 is 10.5.